The standard InChI is InChI=1S/C10H19N5O3S/c1-10(11-13-14-12-10)19-8-2-3-9(18)15(4-6-16)5-7-17/h16-17H,2-8H2,1H3. The van der Waals surface area contributed by atoms with Crippen LogP contribution >= 0.6 is 11.8 Å². The Morgan fingerprint density at radius 2 is 1.79 bits per heavy atom. The molecule has 0 radical (unpaired) electrons. The average Bonchev–Trinajstić information content (AvgIpc) is 2.81. The van der Waals surface area contributed by atoms with Gasteiger partial charge < -0.3 is 15.1 Å². The zero-order valence-electron chi connectivity index (χ0n) is 10.9. The van der Waals surface area contributed by atoms with Crippen molar-refractivity contribution in [3.63, 3.8) is 0 Å². The second-order valence-corrected chi connectivity index (χ2v) is 5.56. The summed E-state index contributed by atoms with van der Waals surface area (Å²) >= 11 is 1.48. The number of thioether (sulfide) groups is 1. The fourth-order valence-corrected chi connectivity index (χ4v) is 2.40. The van der Waals surface area contributed by atoms with Crippen molar-refractivity contribution in [2.45, 2.75) is 24.8 Å². The molecule has 0 spiro atoms. The predicted octanol–water partition coefficient (Wildman–Crippen LogP) is 0.820. The van der Waals surface area contributed by atoms with Gasteiger partial charge >= 0.3 is 0 Å². The summed E-state index contributed by atoms with van der Waals surface area (Å²) in [5.41, 5.74) is 0. The van der Waals surface area contributed by atoms with Gasteiger partial charge in [-0.2, -0.15) is 0 Å². The third kappa shape index (κ3) is 5.62. The summed E-state index contributed by atoms with van der Waals surface area (Å²) in [5.74, 6) is 0.648. The number of aliphatic hydroxyl groups excluding tert-OH is 2. The Kier molecular flexibility index (Phi) is 6.89. The molecular weight excluding hydrogens is 270 g/mol. The van der Waals surface area contributed by atoms with Gasteiger partial charge in [-0.15, -0.1) is 22.0 Å². The van der Waals surface area contributed by atoms with Crippen molar-refractivity contribution in [1.29, 1.82) is 0 Å². The lowest BCUT2D eigenvalue weighted by Gasteiger charge is -2.20. The summed E-state index contributed by atoms with van der Waals surface area (Å²) in [6.45, 7) is 2.13. The predicted molar refractivity (Wildman–Crippen MR) is 70.6 cm³/mol. The summed E-state index contributed by atoms with van der Waals surface area (Å²) in [6, 6.07) is 0. The normalized spacial score (nSPS) is 15.9. The highest BCUT2D eigenvalue weighted by Gasteiger charge is 2.26. The van der Waals surface area contributed by atoms with Gasteiger partial charge in [-0.1, -0.05) is 0 Å². The van der Waals surface area contributed by atoms with E-state index >= 15 is 0 Å². The van der Waals surface area contributed by atoms with Crippen molar-refractivity contribution in [3.8, 4) is 0 Å². The van der Waals surface area contributed by atoms with Crippen molar-refractivity contribution in [2.24, 2.45) is 20.7 Å². The molecule has 19 heavy (non-hydrogen) atoms. The largest absolute Gasteiger partial charge is 0.395 e. The molecule has 1 amide bonds. The van der Waals surface area contributed by atoms with Gasteiger partial charge in [0.15, 0.2) is 0 Å². The number of carbonyl (C=O) groups excluding carboxylic acids is 1. The van der Waals surface area contributed by atoms with E-state index in [0.29, 0.717) is 18.6 Å². The number of rotatable bonds is 9. The minimum Gasteiger partial charge on any atom is -0.395 e. The van der Waals surface area contributed by atoms with Crippen LogP contribution in [-0.2, 0) is 4.79 Å². The number of nitrogens with zero attached hydrogens (tertiary/aromatic N) is 5. The van der Waals surface area contributed by atoms with E-state index in [1.54, 1.807) is 0 Å². The van der Waals surface area contributed by atoms with Crippen molar-refractivity contribution >= 4 is 17.7 Å². The molecule has 1 aliphatic heterocycles. The topological polar surface area (TPSA) is 110 Å². The van der Waals surface area contributed by atoms with E-state index in [9.17, 15) is 4.79 Å². The Morgan fingerprint density at radius 1 is 1.21 bits per heavy atom. The number of hydrogen-bond acceptors (Lipinski definition) is 8. The van der Waals surface area contributed by atoms with Crippen LogP contribution in [0.3, 0.4) is 0 Å². The van der Waals surface area contributed by atoms with E-state index in [1.165, 1.54) is 16.7 Å². The molecule has 0 unspecified atom stereocenters. The second kappa shape index (κ2) is 8.18. The van der Waals surface area contributed by atoms with Crippen LogP contribution in [0.2, 0.25) is 0 Å². The van der Waals surface area contributed by atoms with Gasteiger partial charge in [-0.05, 0) is 29.5 Å². The molecule has 8 nitrogen and oxygen atoms in total. The molecule has 108 valence electrons. The van der Waals surface area contributed by atoms with Crippen LogP contribution in [0.25, 0.3) is 0 Å². The van der Waals surface area contributed by atoms with Gasteiger partial charge in [0.2, 0.25) is 10.9 Å². The van der Waals surface area contributed by atoms with Gasteiger partial charge in [-0.25, -0.2) is 0 Å². The fourth-order valence-electron chi connectivity index (χ4n) is 1.53. The molecule has 1 rings (SSSR count). The van der Waals surface area contributed by atoms with Crippen molar-refractivity contribution in [2.75, 3.05) is 32.1 Å². The van der Waals surface area contributed by atoms with Crippen LogP contribution in [0.1, 0.15) is 19.8 Å². The van der Waals surface area contributed by atoms with Crippen LogP contribution in [-0.4, -0.2) is 58.1 Å². The average molecular weight is 289 g/mol. The first-order chi connectivity index (χ1) is 9.11. The van der Waals surface area contributed by atoms with Gasteiger partial charge in [0, 0.05) is 19.5 Å². The summed E-state index contributed by atoms with van der Waals surface area (Å²) in [5, 5.41) is 32.3. The maximum absolute atomic E-state index is 11.8. The third-order valence-electron chi connectivity index (χ3n) is 2.50. The van der Waals surface area contributed by atoms with E-state index in [1.807, 2.05) is 6.92 Å². The van der Waals surface area contributed by atoms with E-state index in [0.717, 1.165) is 0 Å². The molecule has 0 aromatic heterocycles. The lowest BCUT2D eigenvalue weighted by molar-refractivity contribution is -0.132. The molecule has 0 bridgehead atoms. The van der Waals surface area contributed by atoms with Gasteiger partial charge in [0.25, 0.3) is 0 Å². The molecule has 0 atom stereocenters. The smallest absolute Gasteiger partial charge is 0.237 e. The summed E-state index contributed by atoms with van der Waals surface area (Å²) < 4.78 is 0. The first-order valence-corrected chi connectivity index (χ1v) is 7.07. The summed E-state index contributed by atoms with van der Waals surface area (Å²) in [7, 11) is 0. The van der Waals surface area contributed by atoms with Crippen molar-refractivity contribution in [3.05, 3.63) is 0 Å². The Hall–Kier alpha value is -1.06. The Labute approximate surface area is 116 Å². The van der Waals surface area contributed by atoms with Crippen LogP contribution in [0.5, 0.6) is 0 Å². The Balaban J connectivity index is 2.22. The first kappa shape index (κ1) is 16.0. The molecule has 0 aliphatic carbocycles. The molecule has 1 heterocycles. The lowest BCUT2D eigenvalue weighted by atomic mass is 10.3. The van der Waals surface area contributed by atoms with Gasteiger partial charge in [0.1, 0.15) is 0 Å². The Bertz CT molecular complexity index is 332. The summed E-state index contributed by atoms with van der Waals surface area (Å²) in [4.78, 5) is 12.6. The maximum Gasteiger partial charge on any atom is 0.237 e. The highest BCUT2D eigenvalue weighted by molar-refractivity contribution is 8.00. The zero-order valence-corrected chi connectivity index (χ0v) is 11.7. The fraction of sp³-hybridized carbons (Fsp3) is 0.900. The number of carbonyl (C=O) groups is 1. The molecule has 0 fully saturated rings. The number of aliphatic hydroxyl groups is 2. The maximum atomic E-state index is 11.8. The van der Waals surface area contributed by atoms with Gasteiger partial charge in [0.05, 0.1) is 13.2 Å². The Morgan fingerprint density at radius 3 is 2.32 bits per heavy atom. The molecule has 0 aromatic carbocycles. The lowest BCUT2D eigenvalue weighted by Crippen LogP contribution is -2.35. The monoisotopic (exact) mass is 289 g/mol. The molecule has 1 aliphatic rings. The highest BCUT2D eigenvalue weighted by Crippen LogP contribution is 2.32. The second-order valence-electron chi connectivity index (χ2n) is 4.09. The molecular formula is C10H19N5O3S. The molecule has 2 N–H and O–H groups in total. The van der Waals surface area contributed by atoms with Crippen LogP contribution in [0.4, 0.5) is 0 Å². The van der Waals surface area contributed by atoms with Crippen molar-refractivity contribution < 1.29 is 15.0 Å². The van der Waals surface area contributed by atoms with Crippen LogP contribution in [0.15, 0.2) is 20.7 Å². The highest BCUT2D eigenvalue weighted by atomic mass is 32.2. The van der Waals surface area contributed by atoms with E-state index in [4.69, 9.17) is 10.2 Å². The zero-order chi connectivity index (χ0) is 14.1. The number of hydrogen-bond donors (Lipinski definition) is 2. The first-order valence-electron chi connectivity index (χ1n) is 6.09. The number of amides is 1. The SMILES string of the molecule is CC1(SCCCC(=O)N(CCO)CCO)N=NN=N1. The van der Waals surface area contributed by atoms with Crippen LogP contribution in [0, 0.1) is 0 Å². The molecule has 0 saturated carbocycles. The minimum atomic E-state index is -0.654. The van der Waals surface area contributed by atoms with Crippen molar-refractivity contribution in [1.82, 2.24) is 4.90 Å². The van der Waals surface area contributed by atoms with E-state index < -0.39 is 4.99 Å². The van der Waals surface area contributed by atoms with E-state index in [2.05, 4.69) is 20.7 Å². The molecule has 0 saturated heterocycles. The quantitative estimate of drug-likeness (QED) is 0.612. The molecule has 9 heteroatoms. The minimum absolute atomic E-state index is 0.0662. The van der Waals surface area contributed by atoms with Crippen LogP contribution < -0.4 is 0 Å². The summed E-state index contributed by atoms with van der Waals surface area (Å²) in [6.07, 6.45) is 1.05. The molecule has 0 aromatic rings. The third-order valence-corrected chi connectivity index (χ3v) is 3.71. The van der Waals surface area contributed by atoms with E-state index in [-0.39, 0.29) is 32.2 Å². The van der Waals surface area contributed by atoms with Gasteiger partial charge in [-0.3, -0.25) is 4.79 Å².